The zero-order chi connectivity index (χ0) is 18.4. The highest BCUT2D eigenvalue weighted by atomic mass is 16.5. The van der Waals surface area contributed by atoms with Gasteiger partial charge in [-0.15, -0.1) is 0 Å². The molecule has 0 aromatic heterocycles. The summed E-state index contributed by atoms with van der Waals surface area (Å²) in [6.45, 7) is 10.3. The van der Waals surface area contributed by atoms with Crippen molar-refractivity contribution < 1.29 is 19.1 Å². The van der Waals surface area contributed by atoms with Crippen LogP contribution < -0.4 is 14.8 Å². The molecule has 138 valence electrons. The molecule has 6 nitrogen and oxygen atoms in total. The lowest BCUT2D eigenvalue weighted by atomic mass is 9.92. The Labute approximate surface area is 149 Å². The molecular formula is C19H28N2O4. The number of likely N-dealkylation sites (tertiary alicyclic amines) is 1. The number of ether oxygens (including phenoxy) is 2. The van der Waals surface area contributed by atoms with E-state index >= 15 is 0 Å². The Hall–Kier alpha value is -2.24. The maximum Gasteiger partial charge on any atom is 0.313 e. The molecule has 0 spiro atoms. The lowest BCUT2D eigenvalue weighted by molar-refractivity contribution is -0.144. The number of hydrogen-bond donors (Lipinski definition) is 1. The summed E-state index contributed by atoms with van der Waals surface area (Å²) in [6.07, 6.45) is 1.09. The first kappa shape index (κ1) is 19.1. The van der Waals surface area contributed by atoms with Crippen LogP contribution in [0.5, 0.6) is 11.5 Å². The van der Waals surface area contributed by atoms with Crippen LogP contribution in [-0.2, 0) is 9.59 Å². The summed E-state index contributed by atoms with van der Waals surface area (Å²) >= 11 is 0. The Morgan fingerprint density at radius 3 is 2.28 bits per heavy atom. The molecule has 0 aliphatic carbocycles. The number of carbonyl (C=O) groups is 2. The lowest BCUT2D eigenvalue weighted by Crippen LogP contribution is -2.47. The van der Waals surface area contributed by atoms with Crippen molar-refractivity contribution in [1.82, 2.24) is 4.90 Å². The second-order valence-electron chi connectivity index (χ2n) is 6.64. The van der Waals surface area contributed by atoms with Gasteiger partial charge in [0.1, 0.15) is 0 Å². The van der Waals surface area contributed by atoms with Crippen LogP contribution in [0.25, 0.3) is 0 Å². The van der Waals surface area contributed by atoms with E-state index in [9.17, 15) is 9.59 Å². The molecule has 1 aliphatic rings. The van der Waals surface area contributed by atoms with Crippen molar-refractivity contribution in [3.63, 3.8) is 0 Å². The first-order valence-electron chi connectivity index (χ1n) is 8.94. The molecule has 1 N–H and O–H groups in total. The van der Waals surface area contributed by atoms with Gasteiger partial charge in [0.05, 0.1) is 13.2 Å². The Morgan fingerprint density at radius 1 is 1.08 bits per heavy atom. The fourth-order valence-electron chi connectivity index (χ4n) is 3.29. The standard InChI is InChI=1S/C19H28N2O4/c1-5-24-16-8-7-15(10-17(16)25-6-2)20-18(22)19(23)21-11-13(3)9-14(4)12-21/h7-8,10,13-14H,5-6,9,11-12H2,1-4H3,(H,20,22). The van der Waals surface area contributed by atoms with Crippen LogP contribution in [-0.4, -0.2) is 43.0 Å². The number of nitrogens with one attached hydrogen (secondary N) is 1. The number of amides is 2. The molecule has 0 saturated carbocycles. The molecule has 1 aromatic rings. The number of nitrogens with zero attached hydrogens (tertiary/aromatic N) is 1. The number of anilines is 1. The molecule has 2 atom stereocenters. The molecule has 2 unspecified atom stereocenters. The monoisotopic (exact) mass is 348 g/mol. The molecule has 0 bridgehead atoms. The van der Waals surface area contributed by atoms with Crippen LogP contribution in [0.4, 0.5) is 5.69 Å². The van der Waals surface area contributed by atoms with Gasteiger partial charge in [-0.05, 0) is 44.2 Å². The van der Waals surface area contributed by atoms with Crippen LogP contribution >= 0.6 is 0 Å². The van der Waals surface area contributed by atoms with Crippen molar-refractivity contribution in [3.05, 3.63) is 18.2 Å². The second kappa shape index (κ2) is 8.74. The Balaban J connectivity index is 2.06. The van der Waals surface area contributed by atoms with Gasteiger partial charge in [-0.3, -0.25) is 9.59 Å². The maximum absolute atomic E-state index is 12.4. The van der Waals surface area contributed by atoms with E-state index in [1.807, 2.05) is 13.8 Å². The average Bonchev–Trinajstić information content (AvgIpc) is 2.56. The van der Waals surface area contributed by atoms with Crippen molar-refractivity contribution in [1.29, 1.82) is 0 Å². The molecule has 25 heavy (non-hydrogen) atoms. The number of carbonyl (C=O) groups excluding carboxylic acids is 2. The van der Waals surface area contributed by atoms with E-state index in [-0.39, 0.29) is 0 Å². The Kier molecular flexibility index (Phi) is 6.67. The van der Waals surface area contributed by atoms with Gasteiger partial charge in [0, 0.05) is 24.8 Å². The van der Waals surface area contributed by atoms with E-state index in [0.717, 1.165) is 6.42 Å². The van der Waals surface area contributed by atoms with Gasteiger partial charge >= 0.3 is 11.8 Å². The van der Waals surface area contributed by atoms with Crippen LogP contribution in [0.15, 0.2) is 18.2 Å². The van der Waals surface area contributed by atoms with Gasteiger partial charge in [-0.2, -0.15) is 0 Å². The van der Waals surface area contributed by atoms with Crippen molar-refractivity contribution in [3.8, 4) is 11.5 Å². The van der Waals surface area contributed by atoms with E-state index in [0.29, 0.717) is 55.3 Å². The van der Waals surface area contributed by atoms with Gasteiger partial charge < -0.3 is 19.7 Å². The van der Waals surface area contributed by atoms with E-state index in [1.165, 1.54) is 0 Å². The van der Waals surface area contributed by atoms with Crippen molar-refractivity contribution in [2.24, 2.45) is 11.8 Å². The number of hydrogen-bond acceptors (Lipinski definition) is 4. The van der Waals surface area contributed by atoms with Gasteiger partial charge in [0.15, 0.2) is 11.5 Å². The second-order valence-corrected chi connectivity index (χ2v) is 6.64. The predicted molar refractivity (Wildman–Crippen MR) is 96.9 cm³/mol. The largest absolute Gasteiger partial charge is 0.490 e. The first-order valence-corrected chi connectivity index (χ1v) is 8.94. The summed E-state index contributed by atoms with van der Waals surface area (Å²) < 4.78 is 11.0. The van der Waals surface area contributed by atoms with Crippen LogP contribution in [0.1, 0.15) is 34.1 Å². The van der Waals surface area contributed by atoms with Crippen LogP contribution in [0.2, 0.25) is 0 Å². The molecule has 1 fully saturated rings. The smallest absolute Gasteiger partial charge is 0.313 e. The summed E-state index contributed by atoms with van der Waals surface area (Å²) in [6, 6.07) is 5.13. The highest BCUT2D eigenvalue weighted by molar-refractivity contribution is 6.39. The zero-order valence-electron chi connectivity index (χ0n) is 15.5. The van der Waals surface area contributed by atoms with Crippen molar-refractivity contribution >= 4 is 17.5 Å². The minimum Gasteiger partial charge on any atom is -0.490 e. The maximum atomic E-state index is 12.4. The number of rotatable bonds is 5. The molecule has 1 aromatic carbocycles. The Morgan fingerprint density at radius 2 is 1.68 bits per heavy atom. The third kappa shape index (κ3) is 5.11. The van der Waals surface area contributed by atoms with Gasteiger partial charge in [0.2, 0.25) is 0 Å². The fourth-order valence-corrected chi connectivity index (χ4v) is 3.29. The zero-order valence-corrected chi connectivity index (χ0v) is 15.5. The minimum absolute atomic E-state index is 0.413. The first-order chi connectivity index (χ1) is 11.9. The fraction of sp³-hybridized carbons (Fsp3) is 0.579. The normalized spacial score (nSPS) is 20.1. The molecule has 1 aliphatic heterocycles. The van der Waals surface area contributed by atoms with E-state index in [1.54, 1.807) is 23.1 Å². The quantitative estimate of drug-likeness (QED) is 0.831. The summed E-state index contributed by atoms with van der Waals surface area (Å²) in [5.41, 5.74) is 0.517. The molecule has 2 rings (SSSR count). The van der Waals surface area contributed by atoms with Gasteiger partial charge in [-0.1, -0.05) is 13.8 Å². The van der Waals surface area contributed by atoms with Gasteiger partial charge in [-0.25, -0.2) is 0 Å². The molecule has 1 saturated heterocycles. The average molecular weight is 348 g/mol. The summed E-state index contributed by atoms with van der Waals surface area (Å²) in [7, 11) is 0. The van der Waals surface area contributed by atoms with E-state index in [4.69, 9.17) is 9.47 Å². The van der Waals surface area contributed by atoms with Crippen LogP contribution in [0.3, 0.4) is 0 Å². The number of piperidine rings is 1. The van der Waals surface area contributed by atoms with Crippen molar-refractivity contribution in [2.75, 3.05) is 31.6 Å². The molecule has 2 amide bonds. The van der Waals surface area contributed by atoms with Crippen molar-refractivity contribution in [2.45, 2.75) is 34.1 Å². The van der Waals surface area contributed by atoms with E-state index < -0.39 is 11.8 Å². The SMILES string of the molecule is CCOc1ccc(NC(=O)C(=O)N2CC(C)CC(C)C2)cc1OCC. The van der Waals surface area contributed by atoms with Crippen LogP contribution in [0, 0.1) is 11.8 Å². The highest BCUT2D eigenvalue weighted by Gasteiger charge is 2.29. The summed E-state index contributed by atoms with van der Waals surface area (Å²) in [5, 5.41) is 2.67. The molecule has 0 radical (unpaired) electrons. The lowest BCUT2D eigenvalue weighted by Gasteiger charge is -2.34. The molecule has 6 heteroatoms. The summed E-state index contributed by atoms with van der Waals surface area (Å²) in [4.78, 5) is 26.4. The van der Waals surface area contributed by atoms with E-state index in [2.05, 4.69) is 19.2 Å². The Bertz CT molecular complexity index is 607. The third-order valence-electron chi connectivity index (χ3n) is 4.15. The summed E-state index contributed by atoms with van der Waals surface area (Å²) in [5.74, 6) is 0.895. The minimum atomic E-state index is -0.618. The predicted octanol–water partition coefficient (Wildman–Crippen LogP) is 2.93. The topological polar surface area (TPSA) is 67.9 Å². The third-order valence-corrected chi connectivity index (χ3v) is 4.15. The molecule has 1 heterocycles. The molecular weight excluding hydrogens is 320 g/mol. The van der Waals surface area contributed by atoms with Gasteiger partial charge in [0.25, 0.3) is 0 Å². The number of benzene rings is 1. The highest BCUT2D eigenvalue weighted by Crippen LogP contribution is 2.30.